The van der Waals surface area contributed by atoms with E-state index in [9.17, 15) is 0 Å². The summed E-state index contributed by atoms with van der Waals surface area (Å²) in [6.07, 6.45) is 1.76. The molecule has 0 spiro atoms. The molecule has 1 aromatic carbocycles. The Hall–Kier alpha value is -2.05. The van der Waals surface area contributed by atoms with Crippen LogP contribution in [-0.4, -0.2) is 25.3 Å². The van der Waals surface area contributed by atoms with Crippen LogP contribution in [0.5, 0.6) is 5.75 Å². The molecule has 17 heavy (non-hydrogen) atoms. The van der Waals surface area contributed by atoms with Crippen LogP contribution in [0.1, 0.15) is 0 Å². The van der Waals surface area contributed by atoms with Gasteiger partial charge in [-0.3, -0.25) is 4.98 Å². The van der Waals surface area contributed by atoms with Crippen LogP contribution in [0.2, 0.25) is 0 Å². The maximum atomic E-state index is 5.57. The minimum absolute atomic E-state index is 0.346. The number of rotatable bonds is 3. The fourth-order valence-corrected chi connectivity index (χ4v) is 1.48. The zero-order valence-corrected chi connectivity index (χ0v) is 9.64. The van der Waals surface area contributed by atoms with Gasteiger partial charge in [0.05, 0.1) is 0 Å². The summed E-state index contributed by atoms with van der Waals surface area (Å²) in [7, 11) is 1.62. The lowest BCUT2D eigenvalue weighted by Crippen LogP contribution is -1.96. The highest BCUT2D eigenvalue weighted by Crippen LogP contribution is 2.22. The molecule has 3 heteroatoms. The first kappa shape index (κ1) is 11.4. The van der Waals surface area contributed by atoms with Crippen molar-refractivity contribution in [2.24, 2.45) is 0 Å². The molecule has 86 valence electrons. The summed E-state index contributed by atoms with van der Waals surface area (Å²) in [5, 5.41) is 1.06. The van der Waals surface area contributed by atoms with E-state index < -0.39 is 0 Å². The van der Waals surface area contributed by atoms with E-state index in [0.717, 1.165) is 16.7 Å². The van der Waals surface area contributed by atoms with Gasteiger partial charge in [-0.05, 0) is 12.1 Å². The summed E-state index contributed by atoms with van der Waals surface area (Å²) in [5.41, 5.74) is 0.864. The van der Waals surface area contributed by atoms with Crippen molar-refractivity contribution >= 4 is 10.9 Å². The molecule has 0 aliphatic rings. The lowest BCUT2D eigenvalue weighted by atomic mass is 10.2. The first-order valence-electron chi connectivity index (χ1n) is 5.33. The standard InChI is InChI=1S/C14H13NO2/c1-16-10-2-3-11-17-13-8-4-6-12-7-5-9-15-14(12)13/h4-9H,10-11H2,1H3. The van der Waals surface area contributed by atoms with E-state index in [4.69, 9.17) is 9.47 Å². The highest BCUT2D eigenvalue weighted by atomic mass is 16.5. The quantitative estimate of drug-likeness (QED) is 0.754. The number of pyridine rings is 1. The molecule has 0 amide bonds. The van der Waals surface area contributed by atoms with Gasteiger partial charge in [-0.15, -0.1) is 0 Å². The molecule has 0 N–H and O–H groups in total. The van der Waals surface area contributed by atoms with Gasteiger partial charge in [0.25, 0.3) is 0 Å². The van der Waals surface area contributed by atoms with Crippen LogP contribution < -0.4 is 4.74 Å². The zero-order chi connectivity index (χ0) is 11.9. The number of para-hydroxylation sites is 1. The number of methoxy groups -OCH3 is 1. The number of ether oxygens (including phenoxy) is 2. The molecule has 0 bridgehead atoms. The van der Waals surface area contributed by atoms with Crippen LogP contribution in [0.4, 0.5) is 0 Å². The van der Waals surface area contributed by atoms with Gasteiger partial charge in [0, 0.05) is 18.7 Å². The van der Waals surface area contributed by atoms with Gasteiger partial charge in [-0.1, -0.05) is 30.0 Å². The van der Waals surface area contributed by atoms with Crippen LogP contribution >= 0.6 is 0 Å². The highest BCUT2D eigenvalue weighted by molar-refractivity contribution is 5.84. The maximum absolute atomic E-state index is 5.57. The third kappa shape index (κ3) is 2.96. The molecule has 0 radical (unpaired) electrons. The van der Waals surface area contributed by atoms with E-state index in [1.54, 1.807) is 13.3 Å². The van der Waals surface area contributed by atoms with E-state index >= 15 is 0 Å². The molecule has 2 rings (SSSR count). The largest absolute Gasteiger partial charge is 0.479 e. The third-order valence-electron chi connectivity index (χ3n) is 2.24. The molecule has 1 heterocycles. The number of hydrogen-bond acceptors (Lipinski definition) is 3. The maximum Gasteiger partial charge on any atom is 0.149 e. The second kappa shape index (κ2) is 5.88. The Kier molecular flexibility index (Phi) is 3.95. The van der Waals surface area contributed by atoms with Gasteiger partial charge in [-0.2, -0.15) is 0 Å². The average Bonchev–Trinajstić information content (AvgIpc) is 2.39. The van der Waals surface area contributed by atoms with Crippen molar-refractivity contribution < 1.29 is 9.47 Å². The second-order valence-electron chi connectivity index (χ2n) is 3.41. The predicted octanol–water partition coefficient (Wildman–Crippen LogP) is 2.26. The molecule has 1 aromatic heterocycles. The SMILES string of the molecule is COCC#CCOc1cccc2cccnc12. The highest BCUT2D eigenvalue weighted by Gasteiger charge is 2.00. The molecular formula is C14H13NO2. The van der Waals surface area contributed by atoms with E-state index in [1.165, 1.54) is 0 Å². The van der Waals surface area contributed by atoms with E-state index in [-0.39, 0.29) is 0 Å². The zero-order valence-electron chi connectivity index (χ0n) is 9.64. The molecule has 0 saturated heterocycles. The molecule has 0 aliphatic carbocycles. The van der Waals surface area contributed by atoms with E-state index in [0.29, 0.717) is 13.2 Å². The van der Waals surface area contributed by atoms with Gasteiger partial charge < -0.3 is 9.47 Å². The normalized spacial score (nSPS) is 9.71. The smallest absolute Gasteiger partial charge is 0.149 e. The Morgan fingerprint density at radius 2 is 1.94 bits per heavy atom. The van der Waals surface area contributed by atoms with Crippen LogP contribution in [0, 0.1) is 11.8 Å². The Morgan fingerprint density at radius 1 is 1.12 bits per heavy atom. The minimum atomic E-state index is 0.346. The second-order valence-corrected chi connectivity index (χ2v) is 3.41. The summed E-state index contributed by atoms with van der Waals surface area (Å²) >= 11 is 0. The number of hydrogen-bond donors (Lipinski definition) is 0. The van der Waals surface area contributed by atoms with Gasteiger partial charge in [0.1, 0.15) is 24.5 Å². The fraction of sp³-hybridized carbons (Fsp3) is 0.214. The monoisotopic (exact) mass is 227 g/mol. The molecular weight excluding hydrogens is 214 g/mol. The van der Waals surface area contributed by atoms with Crippen LogP contribution in [0.3, 0.4) is 0 Å². The number of benzene rings is 1. The molecule has 0 aliphatic heterocycles. The first-order valence-corrected chi connectivity index (χ1v) is 5.33. The number of aromatic nitrogens is 1. The van der Waals surface area contributed by atoms with Crippen molar-refractivity contribution in [1.82, 2.24) is 4.98 Å². The first-order chi connectivity index (χ1) is 8.42. The lowest BCUT2D eigenvalue weighted by Gasteiger charge is -2.04. The Bertz CT molecular complexity index is 549. The topological polar surface area (TPSA) is 31.4 Å². The van der Waals surface area contributed by atoms with Crippen molar-refractivity contribution in [3.63, 3.8) is 0 Å². The van der Waals surface area contributed by atoms with Gasteiger partial charge >= 0.3 is 0 Å². The van der Waals surface area contributed by atoms with Crippen molar-refractivity contribution in [2.75, 3.05) is 20.3 Å². The van der Waals surface area contributed by atoms with Gasteiger partial charge in [0.2, 0.25) is 0 Å². The van der Waals surface area contributed by atoms with Crippen LogP contribution in [0.15, 0.2) is 36.5 Å². The van der Waals surface area contributed by atoms with E-state index in [1.807, 2.05) is 30.3 Å². The third-order valence-corrected chi connectivity index (χ3v) is 2.24. The Balaban J connectivity index is 2.11. The van der Waals surface area contributed by atoms with Crippen molar-refractivity contribution in [3.8, 4) is 17.6 Å². The minimum Gasteiger partial charge on any atom is -0.479 e. The molecule has 3 nitrogen and oxygen atoms in total. The number of fused-ring (bicyclic) bond motifs is 1. The van der Waals surface area contributed by atoms with Crippen LogP contribution in [-0.2, 0) is 4.74 Å². The lowest BCUT2D eigenvalue weighted by molar-refractivity contribution is 0.239. The molecule has 0 unspecified atom stereocenters. The Labute approximate surface area is 100 Å². The molecule has 0 fully saturated rings. The summed E-state index contributed by atoms with van der Waals surface area (Å²) in [4.78, 5) is 4.30. The van der Waals surface area contributed by atoms with Gasteiger partial charge in [0.15, 0.2) is 0 Å². The fourth-order valence-electron chi connectivity index (χ4n) is 1.48. The summed E-state index contributed by atoms with van der Waals surface area (Å²) in [6.45, 7) is 0.774. The molecule has 0 atom stereocenters. The summed E-state index contributed by atoms with van der Waals surface area (Å²) < 4.78 is 10.4. The van der Waals surface area contributed by atoms with E-state index in [2.05, 4.69) is 16.8 Å². The van der Waals surface area contributed by atoms with Gasteiger partial charge in [-0.25, -0.2) is 0 Å². The summed E-state index contributed by atoms with van der Waals surface area (Å²) in [5.74, 6) is 6.47. The molecule has 2 aromatic rings. The average molecular weight is 227 g/mol. The molecule has 0 saturated carbocycles. The Morgan fingerprint density at radius 3 is 2.82 bits per heavy atom. The summed E-state index contributed by atoms with van der Waals surface area (Å²) in [6, 6.07) is 9.76. The predicted molar refractivity (Wildman–Crippen MR) is 66.9 cm³/mol. The van der Waals surface area contributed by atoms with Crippen molar-refractivity contribution in [1.29, 1.82) is 0 Å². The van der Waals surface area contributed by atoms with Crippen LogP contribution in [0.25, 0.3) is 10.9 Å². The number of nitrogens with zero attached hydrogens (tertiary/aromatic N) is 1. The van der Waals surface area contributed by atoms with Crippen molar-refractivity contribution in [3.05, 3.63) is 36.5 Å². The van der Waals surface area contributed by atoms with Crippen molar-refractivity contribution in [2.45, 2.75) is 0 Å².